The van der Waals surface area contributed by atoms with Crippen LogP contribution in [0.2, 0.25) is 0 Å². The minimum Gasteiger partial charge on any atom is -0.467 e. The van der Waals surface area contributed by atoms with Gasteiger partial charge in [-0.25, -0.2) is 9.18 Å². The van der Waals surface area contributed by atoms with Crippen LogP contribution in [-0.4, -0.2) is 37.0 Å². The van der Waals surface area contributed by atoms with Gasteiger partial charge in [0.2, 0.25) is 11.8 Å². The smallest absolute Gasteiger partial charge is 0.328 e. The number of nitriles is 1. The van der Waals surface area contributed by atoms with Crippen LogP contribution >= 0.6 is 0 Å². The lowest BCUT2D eigenvalue weighted by atomic mass is 10.0. The molecule has 1 aromatic rings. The van der Waals surface area contributed by atoms with Crippen molar-refractivity contribution in [3.63, 3.8) is 0 Å². The van der Waals surface area contributed by atoms with Crippen LogP contribution in [0.5, 0.6) is 0 Å². The van der Waals surface area contributed by atoms with Gasteiger partial charge in [0.05, 0.1) is 13.2 Å². The maximum atomic E-state index is 13.9. The van der Waals surface area contributed by atoms with Crippen LogP contribution in [0.4, 0.5) is 4.39 Å². The molecule has 0 aromatic heterocycles. The van der Waals surface area contributed by atoms with Gasteiger partial charge in [-0.05, 0) is 24.5 Å². The summed E-state index contributed by atoms with van der Waals surface area (Å²) in [7, 11) is 1.19. The number of rotatable bonds is 9. The Kier molecular flexibility index (Phi) is 8.78. The van der Waals surface area contributed by atoms with E-state index in [1.807, 2.05) is 6.07 Å². The third-order valence-corrected chi connectivity index (χ3v) is 3.66. The molecule has 1 rings (SSSR count). The van der Waals surface area contributed by atoms with Gasteiger partial charge < -0.3 is 15.4 Å². The summed E-state index contributed by atoms with van der Waals surface area (Å²) in [5.74, 6) is -2.23. The average molecular weight is 363 g/mol. The topological polar surface area (TPSA) is 108 Å². The van der Waals surface area contributed by atoms with Gasteiger partial charge in [-0.2, -0.15) is 5.26 Å². The normalized spacial score (nSPS) is 12.4. The molecule has 8 heteroatoms. The van der Waals surface area contributed by atoms with Gasteiger partial charge in [0.25, 0.3) is 0 Å². The van der Waals surface area contributed by atoms with Crippen molar-refractivity contribution in [2.24, 2.45) is 0 Å². The number of hydrogen-bond acceptors (Lipinski definition) is 5. The van der Waals surface area contributed by atoms with Crippen molar-refractivity contribution in [3.8, 4) is 6.07 Å². The number of amides is 2. The Balaban J connectivity index is 2.88. The molecule has 0 aliphatic heterocycles. The zero-order chi connectivity index (χ0) is 19.5. The maximum absolute atomic E-state index is 13.9. The summed E-state index contributed by atoms with van der Waals surface area (Å²) in [4.78, 5) is 35.8. The minimum atomic E-state index is -1.05. The average Bonchev–Trinajstić information content (AvgIpc) is 2.61. The lowest BCUT2D eigenvalue weighted by Gasteiger charge is -2.22. The highest BCUT2D eigenvalue weighted by molar-refractivity contribution is 5.90. The van der Waals surface area contributed by atoms with E-state index in [2.05, 4.69) is 15.4 Å². The first kappa shape index (κ1) is 21.1. The number of esters is 1. The third-order valence-electron chi connectivity index (χ3n) is 3.66. The minimum absolute atomic E-state index is 0.0653. The van der Waals surface area contributed by atoms with E-state index in [1.54, 1.807) is 6.07 Å². The predicted molar refractivity (Wildman–Crippen MR) is 91.1 cm³/mol. The van der Waals surface area contributed by atoms with Crippen molar-refractivity contribution < 1.29 is 23.5 Å². The molecule has 0 aliphatic rings. The van der Waals surface area contributed by atoms with Gasteiger partial charge in [0.1, 0.15) is 17.9 Å². The summed E-state index contributed by atoms with van der Waals surface area (Å²) < 4.78 is 18.5. The fraction of sp³-hybridized carbons (Fsp3) is 0.444. The molecule has 0 saturated heterocycles. The second-order valence-corrected chi connectivity index (χ2v) is 5.68. The number of nitrogens with one attached hydrogen (secondary N) is 2. The van der Waals surface area contributed by atoms with Gasteiger partial charge in [0, 0.05) is 19.8 Å². The summed E-state index contributed by atoms with van der Waals surface area (Å²) in [5, 5.41) is 13.6. The molecular weight excluding hydrogens is 341 g/mol. The molecule has 0 fully saturated rings. The van der Waals surface area contributed by atoms with Crippen molar-refractivity contribution in [2.45, 2.75) is 44.7 Å². The standard InChI is InChI=1S/C18H22FN3O4/c1-12(23)21-16(11-13-7-3-4-8-14(13)19)17(24)22-15(18(25)26-2)9-5-6-10-20/h3-4,7-8,15-16H,5-6,9,11H2,1-2H3,(H,21,23)(H,22,24)/t15-,16-/m0/s1. The quantitative estimate of drug-likeness (QED) is 0.507. The molecule has 2 N–H and O–H groups in total. The Bertz CT molecular complexity index is 687. The van der Waals surface area contributed by atoms with E-state index >= 15 is 0 Å². The number of hydrogen-bond donors (Lipinski definition) is 2. The molecule has 0 heterocycles. The van der Waals surface area contributed by atoms with Crippen molar-refractivity contribution >= 4 is 17.8 Å². The summed E-state index contributed by atoms with van der Waals surface area (Å²) in [6.45, 7) is 1.24. The fourth-order valence-corrected chi connectivity index (χ4v) is 2.39. The van der Waals surface area contributed by atoms with Gasteiger partial charge in [0.15, 0.2) is 0 Å². The molecule has 0 radical (unpaired) electrons. The van der Waals surface area contributed by atoms with Crippen LogP contribution in [0.25, 0.3) is 0 Å². The Labute approximate surface area is 151 Å². The predicted octanol–water partition coefficient (Wildman–Crippen LogP) is 1.22. The fourth-order valence-electron chi connectivity index (χ4n) is 2.39. The van der Waals surface area contributed by atoms with Gasteiger partial charge in [-0.1, -0.05) is 18.2 Å². The Morgan fingerprint density at radius 1 is 1.23 bits per heavy atom. The maximum Gasteiger partial charge on any atom is 0.328 e. The first-order valence-electron chi connectivity index (χ1n) is 8.14. The number of nitrogens with zero attached hydrogens (tertiary/aromatic N) is 1. The molecule has 0 saturated carbocycles. The van der Waals surface area contributed by atoms with Gasteiger partial charge in [-0.15, -0.1) is 0 Å². The summed E-state index contributed by atoms with van der Waals surface area (Å²) in [6.07, 6.45) is 0.783. The number of halogens is 1. The van der Waals surface area contributed by atoms with Crippen molar-refractivity contribution in [2.75, 3.05) is 7.11 Å². The first-order chi connectivity index (χ1) is 12.4. The number of carbonyl (C=O) groups is 3. The van der Waals surface area contributed by atoms with Gasteiger partial charge >= 0.3 is 5.97 Å². The second-order valence-electron chi connectivity index (χ2n) is 5.68. The lowest BCUT2D eigenvalue weighted by molar-refractivity contribution is -0.145. The van der Waals surface area contributed by atoms with E-state index in [9.17, 15) is 18.8 Å². The molecule has 0 bridgehead atoms. The molecule has 1 aromatic carbocycles. The molecule has 7 nitrogen and oxygen atoms in total. The van der Waals surface area contributed by atoms with Crippen LogP contribution < -0.4 is 10.6 Å². The van der Waals surface area contributed by atoms with Crippen molar-refractivity contribution in [3.05, 3.63) is 35.6 Å². The van der Waals surface area contributed by atoms with E-state index < -0.39 is 35.7 Å². The number of carbonyl (C=O) groups excluding carboxylic acids is 3. The van der Waals surface area contributed by atoms with Crippen LogP contribution in [0.3, 0.4) is 0 Å². The molecule has 0 spiro atoms. The summed E-state index contributed by atoms with van der Waals surface area (Å²) >= 11 is 0. The zero-order valence-electron chi connectivity index (χ0n) is 14.8. The van der Waals surface area contributed by atoms with Gasteiger partial charge in [-0.3, -0.25) is 9.59 Å². The number of unbranched alkanes of at least 4 members (excludes halogenated alkanes) is 1. The number of benzene rings is 1. The molecule has 26 heavy (non-hydrogen) atoms. The monoisotopic (exact) mass is 363 g/mol. The molecule has 0 aliphatic carbocycles. The lowest BCUT2D eigenvalue weighted by Crippen LogP contribution is -2.52. The van der Waals surface area contributed by atoms with E-state index in [0.717, 1.165) is 0 Å². The highest BCUT2D eigenvalue weighted by Crippen LogP contribution is 2.10. The number of methoxy groups -OCH3 is 1. The largest absolute Gasteiger partial charge is 0.467 e. The van der Waals surface area contributed by atoms with Crippen LogP contribution in [0, 0.1) is 17.1 Å². The Morgan fingerprint density at radius 2 is 1.92 bits per heavy atom. The van der Waals surface area contributed by atoms with Crippen molar-refractivity contribution in [1.82, 2.24) is 10.6 Å². The molecule has 0 unspecified atom stereocenters. The van der Waals surface area contributed by atoms with Crippen LogP contribution in [-0.2, 0) is 25.5 Å². The van der Waals surface area contributed by atoms with E-state index in [-0.39, 0.29) is 24.8 Å². The zero-order valence-corrected chi connectivity index (χ0v) is 14.8. The summed E-state index contributed by atoms with van der Waals surface area (Å²) in [5.41, 5.74) is 0.264. The SMILES string of the molecule is COC(=O)[C@H](CCCC#N)NC(=O)[C@H](Cc1ccccc1F)NC(C)=O. The van der Waals surface area contributed by atoms with E-state index in [0.29, 0.717) is 6.42 Å². The highest BCUT2D eigenvalue weighted by atomic mass is 19.1. The first-order valence-corrected chi connectivity index (χ1v) is 8.14. The second kappa shape index (κ2) is 10.8. The molecule has 2 amide bonds. The van der Waals surface area contributed by atoms with Crippen molar-refractivity contribution in [1.29, 1.82) is 5.26 Å². The molecular formula is C18H22FN3O4. The third kappa shape index (κ3) is 6.89. The summed E-state index contributed by atoms with van der Waals surface area (Å²) in [6, 6.07) is 5.89. The Hall–Kier alpha value is -2.95. The van der Waals surface area contributed by atoms with Crippen LogP contribution in [0.15, 0.2) is 24.3 Å². The highest BCUT2D eigenvalue weighted by Gasteiger charge is 2.27. The van der Waals surface area contributed by atoms with Crippen LogP contribution in [0.1, 0.15) is 31.7 Å². The Morgan fingerprint density at radius 3 is 2.50 bits per heavy atom. The van der Waals surface area contributed by atoms with E-state index in [1.165, 1.54) is 32.2 Å². The van der Waals surface area contributed by atoms with E-state index in [4.69, 9.17) is 5.26 Å². The number of ether oxygens (including phenoxy) is 1. The molecule has 2 atom stereocenters. The molecule has 140 valence electrons.